The molecule has 0 atom stereocenters. The van der Waals surface area contributed by atoms with Crippen LogP contribution in [0.25, 0.3) is 0 Å². The molecular weight excluding hydrogens is 372 g/mol. The molecule has 0 bridgehead atoms. The Morgan fingerprint density at radius 2 is 1.79 bits per heavy atom. The van der Waals surface area contributed by atoms with Crippen molar-refractivity contribution in [2.24, 2.45) is 7.05 Å². The van der Waals surface area contributed by atoms with Gasteiger partial charge in [0.15, 0.2) is 0 Å². The number of aromatic nitrogens is 1. The van der Waals surface area contributed by atoms with E-state index in [1.807, 2.05) is 0 Å². The number of carbonyl (C=O) groups is 4. The zero-order chi connectivity index (χ0) is 21.0. The molecule has 0 saturated carbocycles. The third-order valence-electron chi connectivity index (χ3n) is 3.89. The van der Waals surface area contributed by atoms with Gasteiger partial charge in [-0.25, -0.2) is 9.59 Å². The van der Waals surface area contributed by atoms with Gasteiger partial charge < -0.3 is 14.0 Å². The van der Waals surface area contributed by atoms with Crippen LogP contribution >= 0.6 is 0 Å². The molecule has 1 aromatic carbocycles. The minimum atomic E-state index is -1.16. The van der Waals surface area contributed by atoms with Crippen LogP contribution in [0, 0.1) is 10.1 Å². The molecule has 28 heavy (non-hydrogen) atoms. The number of hydrogen-bond acceptors (Lipinski definition) is 8. The van der Waals surface area contributed by atoms with Crippen molar-refractivity contribution in [1.29, 1.82) is 0 Å². The second-order valence-corrected chi connectivity index (χ2v) is 5.50. The molecule has 1 heterocycles. The summed E-state index contributed by atoms with van der Waals surface area (Å²) in [7, 11) is 2.35. The molecule has 10 heteroatoms. The molecule has 10 nitrogen and oxygen atoms in total. The van der Waals surface area contributed by atoms with Crippen molar-refractivity contribution in [3.63, 3.8) is 0 Å². The smallest absolute Gasteiger partial charge is 0.381 e. The highest BCUT2D eigenvalue weighted by atomic mass is 16.6. The van der Waals surface area contributed by atoms with Crippen LogP contribution in [0.2, 0.25) is 0 Å². The number of esters is 2. The standard InChI is InChI=1S/C18H16N2O8/c1-4-28-18(24)16(22)13-9-11(17(23)27-3)14(19(13)2)15(21)10-7-5-6-8-12(10)20(25)26/h5-9H,4H2,1-3H3. The third-order valence-corrected chi connectivity index (χ3v) is 3.89. The quantitative estimate of drug-likeness (QED) is 0.230. The maximum absolute atomic E-state index is 13.0. The summed E-state index contributed by atoms with van der Waals surface area (Å²) < 4.78 is 10.3. The van der Waals surface area contributed by atoms with Gasteiger partial charge in [-0.15, -0.1) is 0 Å². The monoisotopic (exact) mass is 388 g/mol. The van der Waals surface area contributed by atoms with Crippen LogP contribution in [0.4, 0.5) is 5.69 Å². The van der Waals surface area contributed by atoms with E-state index in [9.17, 15) is 29.3 Å². The zero-order valence-corrected chi connectivity index (χ0v) is 15.3. The molecule has 0 aliphatic heterocycles. The topological polar surface area (TPSA) is 135 Å². The Kier molecular flexibility index (Phi) is 6.04. The Morgan fingerprint density at radius 1 is 1.14 bits per heavy atom. The van der Waals surface area contributed by atoms with Crippen LogP contribution < -0.4 is 0 Å². The molecule has 0 amide bonds. The fourth-order valence-corrected chi connectivity index (χ4v) is 2.61. The molecule has 0 aliphatic carbocycles. The molecule has 0 radical (unpaired) electrons. The molecule has 1 aromatic heterocycles. The first-order chi connectivity index (χ1) is 13.2. The average molecular weight is 388 g/mol. The molecule has 0 fully saturated rings. The normalized spacial score (nSPS) is 10.2. The Hall–Kier alpha value is -3.82. The van der Waals surface area contributed by atoms with Gasteiger partial charge in [0.05, 0.1) is 29.9 Å². The van der Waals surface area contributed by atoms with E-state index in [-0.39, 0.29) is 29.1 Å². The predicted molar refractivity (Wildman–Crippen MR) is 94.2 cm³/mol. The van der Waals surface area contributed by atoms with Crippen molar-refractivity contribution >= 4 is 29.2 Å². The van der Waals surface area contributed by atoms with Crippen molar-refractivity contribution in [2.75, 3.05) is 13.7 Å². The number of ether oxygens (including phenoxy) is 2. The summed E-state index contributed by atoms with van der Waals surface area (Å²) in [6, 6.07) is 6.19. The summed E-state index contributed by atoms with van der Waals surface area (Å²) in [4.78, 5) is 59.7. The van der Waals surface area contributed by atoms with Crippen LogP contribution in [-0.4, -0.2) is 46.7 Å². The summed E-state index contributed by atoms with van der Waals surface area (Å²) >= 11 is 0. The van der Waals surface area contributed by atoms with Crippen molar-refractivity contribution < 1.29 is 33.6 Å². The van der Waals surface area contributed by atoms with Crippen LogP contribution in [0.3, 0.4) is 0 Å². The Morgan fingerprint density at radius 3 is 2.36 bits per heavy atom. The second kappa shape index (κ2) is 8.25. The van der Waals surface area contributed by atoms with Crippen LogP contribution in [-0.2, 0) is 21.3 Å². The molecule has 2 aromatic rings. The van der Waals surface area contributed by atoms with Crippen molar-refractivity contribution in [3.05, 3.63) is 63.0 Å². The number of ketones is 2. The molecular formula is C18H16N2O8. The molecule has 0 unspecified atom stereocenters. The molecule has 0 N–H and O–H groups in total. The third kappa shape index (κ3) is 3.65. The number of hydrogen-bond donors (Lipinski definition) is 0. The number of para-hydroxylation sites is 1. The van der Waals surface area contributed by atoms with Crippen molar-refractivity contribution in [3.8, 4) is 0 Å². The predicted octanol–water partition coefficient (Wildman–Crippen LogP) is 1.70. The van der Waals surface area contributed by atoms with Gasteiger partial charge in [-0.1, -0.05) is 12.1 Å². The zero-order valence-electron chi connectivity index (χ0n) is 15.3. The Balaban J connectivity index is 2.68. The van der Waals surface area contributed by atoms with Gasteiger partial charge in [0.2, 0.25) is 5.78 Å². The summed E-state index contributed by atoms with van der Waals surface area (Å²) in [5.74, 6) is -4.06. The second-order valence-electron chi connectivity index (χ2n) is 5.50. The van der Waals surface area contributed by atoms with Gasteiger partial charge >= 0.3 is 11.9 Å². The molecule has 2 rings (SSSR count). The molecule has 0 aliphatic rings. The first-order valence-electron chi connectivity index (χ1n) is 8.02. The summed E-state index contributed by atoms with van der Waals surface area (Å²) in [6.07, 6.45) is 0. The highest BCUT2D eigenvalue weighted by molar-refractivity contribution is 6.40. The number of nitro benzene ring substituents is 1. The molecule has 146 valence electrons. The number of benzene rings is 1. The van der Waals surface area contributed by atoms with E-state index in [0.29, 0.717) is 0 Å². The maximum Gasteiger partial charge on any atom is 0.381 e. The summed E-state index contributed by atoms with van der Waals surface area (Å²) in [6.45, 7) is 1.47. The van der Waals surface area contributed by atoms with E-state index in [2.05, 4.69) is 9.47 Å². The Bertz CT molecular complexity index is 989. The van der Waals surface area contributed by atoms with E-state index in [1.165, 1.54) is 32.2 Å². The number of nitrogens with zero attached hydrogens (tertiary/aromatic N) is 2. The maximum atomic E-state index is 13.0. The van der Waals surface area contributed by atoms with E-state index in [4.69, 9.17) is 0 Å². The van der Waals surface area contributed by atoms with Gasteiger partial charge in [0, 0.05) is 13.1 Å². The number of methoxy groups -OCH3 is 1. The van der Waals surface area contributed by atoms with Crippen LogP contribution in [0.15, 0.2) is 30.3 Å². The number of rotatable bonds is 7. The highest BCUT2D eigenvalue weighted by Gasteiger charge is 2.32. The lowest BCUT2D eigenvalue weighted by Gasteiger charge is -2.08. The first-order valence-corrected chi connectivity index (χ1v) is 8.02. The van der Waals surface area contributed by atoms with Gasteiger partial charge in [0.1, 0.15) is 11.3 Å². The molecule has 0 spiro atoms. The van der Waals surface area contributed by atoms with Crippen LogP contribution in [0.5, 0.6) is 0 Å². The van der Waals surface area contributed by atoms with E-state index in [1.54, 1.807) is 0 Å². The highest BCUT2D eigenvalue weighted by Crippen LogP contribution is 2.25. The minimum absolute atomic E-state index is 0.0408. The van der Waals surface area contributed by atoms with E-state index < -0.39 is 34.1 Å². The van der Waals surface area contributed by atoms with E-state index in [0.717, 1.165) is 23.8 Å². The van der Waals surface area contributed by atoms with Crippen LogP contribution in [0.1, 0.15) is 43.8 Å². The minimum Gasteiger partial charge on any atom is -0.465 e. The lowest BCUT2D eigenvalue weighted by atomic mass is 10.0. The number of nitro groups is 1. The fourth-order valence-electron chi connectivity index (χ4n) is 2.61. The lowest BCUT2D eigenvalue weighted by Crippen LogP contribution is -2.21. The van der Waals surface area contributed by atoms with Crippen molar-refractivity contribution in [2.45, 2.75) is 6.92 Å². The summed E-state index contributed by atoms with van der Waals surface area (Å²) in [5.41, 5.74) is -1.67. The van der Waals surface area contributed by atoms with Gasteiger partial charge in [-0.3, -0.25) is 19.7 Å². The average Bonchev–Trinajstić information content (AvgIpc) is 3.03. The Labute approximate surface area is 158 Å². The molecule has 0 saturated heterocycles. The van der Waals surface area contributed by atoms with Gasteiger partial charge in [-0.05, 0) is 19.1 Å². The van der Waals surface area contributed by atoms with Gasteiger partial charge in [0.25, 0.3) is 11.5 Å². The largest absolute Gasteiger partial charge is 0.465 e. The first kappa shape index (κ1) is 20.5. The van der Waals surface area contributed by atoms with Crippen molar-refractivity contribution in [1.82, 2.24) is 4.57 Å². The van der Waals surface area contributed by atoms with E-state index >= 15 is 0 Å². The SMILES string of the molecule is CCOC(=O)C(=O)c1cc(C(=O)OC)c(C(=O)c2ccccc2[N+](=O)[O-])n1C. The number of Topliss-reactive ketones (excluding diaryl/α,β-unsaturated/α-hetero) is 1. The fraction of sp³-hybridized carbons (Fsp3) is 0.222. The van der Waals surface area contributed by atoms with Gasteiger partial charge in [-0.2, -0.15) is 0 Å². The summed E-state index contributed by atoms with van der Waals surface area (Å²) in [5, 5.41) is 11.2. The number of carbonyl (C=O) groups excluding carboxylic acids is 4. The lowest BCUT2D eigenvalue weighted by molar-refractivity contribution is -0.385.